The Bertz CT molecular complexity index is 241. The van der Waals surface area contributed by atoms with Gasteiger partial charge >= 0.3 is 0 Å². The molecule has 1 aliphatic rings. The lowest BCUT2D eigenvalue weighted by molar-refractivity contribution is 0.0981. The van der Waals surface area contributed by atoms with Crippen LogP contribution in [0.25, 0.3) is 0 Å². The van der Waals surface area contributed by atoms with Crippen LogP contribution >= 0.6 is 24.8 Å². The predicted molar refractivity (Wildman–Crippen MR) is 64.0 cm³/mol. The summed E-state index contributed by atoms with van der Waals surface area (Å²) < 4.78 is 0. The second kappa shape index (κ2) is 6.43. The zero-order chi connectivity index (χ0) is 9.19. The summed E-state index contributed by atoms with van der Waals surface area (Å²) in [5.74, 6) is 0. The van der Waals surface area contributed by atoms with Gasteiger partial charge in [0.25, 0.3) is 0 Å². The van der Waals surface area contributed by atoms with Gasteiger partial charge in [-0.1, -0.05) is 23.3 Å². The Morgan fingerprint density at radius 3 is 2.43 bits per heavy atom. The largest absolute Gasteiger partial charge is 0.384 e. The molecule has 3 nitrogen and oxygen atoms in total. The van der Waals surface area contributed by atoms with E-state index in [2.05, 4.69) is 0 Å². The van der Waals surface area contributed by atoms with Gasteiger partial charge < -0.3 is 16.6 Å². The van der Waals surface area contributed by atoms with E-state index in [1.807, 2.05) is 13.0 Å². The zero-order valence-electron chi connectivity index (χ0n) is 8.19. The lowest BCUT2D eigenvalue weighted by atomic mass is 9.86. The molecule has 0 heterocycles. The van der Waals surface area contributed by atoms with Crippen molar-refractivity contribution in [3.63, 3.8) is 0 Å². The lowest BCUT2D eigenvalue weighted by Crippen LogP contribution is -2.38. The van der Waals surface area contributed by atoms with Crippen molar-refractivity contribution in [1.82, 2.24) is 0 Å². The minimum absolute atomic E-state index is 0. The van der Waals surface area contributed by atoms with E-state index in [-0.39, 0.29) is 31.4 Å². The van der Waals surface area contributed by atoms with Gasteiger partial charge in [-0.15, -0.1) is 24.8 Å². The fourth-order valence-electron chi connectivity index (χ4n) is 1.34. The van der Waals surface area contributed by atoms with E-state index in [0.717, 1.165) is 11.1 Å². The minimum atomic E-state index is -0.867. The molecule has 1 aliphatic carbocycles. The summed E-state index contributed by atoms with van der Waals surface area (Å²) >= 11 is 0. The van der Waals surface area contributed by atoms with Crippen LogP contribution < -0.4 is 11.5 Å². The smallest absolute Gasteiger partial charge is 0.0990 e. The van der Waals surface area contributed by atoms with Crippen LogP contribution in [0, 0.1) is 0 Å². The summed E-state index contributed by atoms with van der Waals surface area (Å²) in [5.41, 5.74) is 12.3. The molecule has 0 fully saturated rings. The summed E-state index contributed by atoms with van der Waals surface area (Å²) in [5, 5.41) is 9.80. The Kier molecular flexibility index (Phi) is 7.52. The van der Waals surface area contributed by atoms with Gasteiger partial charge in [-0.25, -0.2) is 0 Å². The van der Waals surface area contributed by atoms with Crippen molar-refractivity contribution in [2.24, 2.45) is 11.5 Å². The SMILES string of the molecule is CC1=C(CN)CC(O)(CN)C=C1.Cl.Cl. The molecule has 1 rings (SSSR count). The normalized spacial score (nSPS) is 25.4. The molecule has 0 amide bonds. The molecule has 5 N–H and O–H groups in total. The van der Waals surface area contributed by atoms with Crippen LogP contribution in [0.2, 0.25) is 0 Å². The van der Waals surface area contributed by atoms with Crippen molar-refractivity contribution in [2.45, 2.75) is 18.9 Å². The van der Waals surface area contributed by atoms with Crippen LogP contribution in [0.4, 0.5) is 0 Å². The summed E-state index contributed by atoms with van der Waals surface area (Å²) in [6.07, 6.45) is 4.21. The van der Waals surface area contributed by atoms with Gasteiger partial charge in [0.05, 0.1) is 5.60 Å². The molecule has 0 aliphatic heterocycles. The predicted octanol–water partition coefficient (Wildman–Crippen LogP) is 0.755. The Morgan fingerprint density at radius 2 is 2.00 bits per heavy atom. The molecule has 84 valence electrons. The molecular weight excluding hydrogens is 223 g/mol. The fourth-order valence-corrected chi connectivity index (χ4v) is 1.34. The summed E-state index contributed by atoms with van der Waals surface area (Å²) in [7, 11) is 0. The van der Waals surface area contributed by atoms with Crippen LogP contribution in [0.5, 0.6) is 0 Å². The Hall–Kier alpha value is -0.0600. The van der Waals surface area contributed by atoms with Crippen molar-refractivity contribution < 1.29 is 5.11 Å². The molecule has 0 radical (unpaired) electrons. The third-order valence-electron chi connectivity index (χ3n) is 2.32. The molecule has 0 aromatic rings. The molecule has 0 saturated heterocycles. The standard InChI is InChI=1S/C9H16N2O.2ClH/c1-7-2-3-9(12,6-11)4-8(7)5-10;;/h2-3,12H,4-6,10-11H2,1H3;2*1H. The zero-order valence-corrected chi connectivity index (χ0v) is 9.83. The third kappa shape index (κ3) is 3.59. The maximum atomic E-state index is 9.80. The Balaban J connectivity index is 0. The molecule has 5 heteroatoms. The average Bonchev–Trinajstić information content (AvgIpc) is 2.10. The van der Waals surface area contributed by atoms with Crippen molar-refractivity contribution >= 4 is 24.8 Å². The minimum Gasteiger partial charge on any atom is -0.384 e. The van der Waals surface area contributed by atoms with Crippen LogP contribution in [-0.4, -0.2) is 23.8 Å². The van der Waals surface area contributed by atoms with Crippen LogP contribution in [0.15, 0.2) is 23.3 Å². The van der Waals surface area contributed by atoms with E-state index in [0.29, 0.717) is 13.0 Å². The third-order valence-corrected chi connectivity index (χ3v) is 2.32. The highest BCUT2D eigenvalue weighted by atomic mass is 35.5. The number of nitrogens with two attached hydrogens (primary N) is 2. The van der Waals surface area contributed by atoms with Gasteiger partial charge in [0.1, 0.15) is 0 Å². The first-order chi connectivity index (χ1) is 5.61. The number of hydrogen-bond acceptors (Lipinski definition) is 3. The number of halogens is 2. The summed E-state index contributed by atoms with van der Waals surface area (Å²) in [6.45, 7) is 2.74. The molecule has 0 spiro atoms. The number of allylic oxidation sites excluding steroid dienone is 2. The number of rotatable bonds is 2. The van der Waals surface area contributed by atoms with Crippen LogP contribution in [0.3, 0.4) is 0 Å². The molecule has 0 aromatic carbocycles. The van der Waals surface area contributed by atoms with Crippen LogP contribution in [0.1, 0.15) is 13.3 Å². The first-order valence-corrected chi connectivity index (χ1v) is 4.12. The topological polar surface area (TPSA) is 72.3 Å². The summed E-state index contributed by atoms with van der Waals surface area (Å²) in [6, 6.07) is 0. The van der Waals surface area contributed by atoms with E-state index in [4.69, 9.17) is 11.5 Å². The van der Waals surface area contributed by atoms with Crippen molar-refractivity contribution in [3.8, 4) is 0 Å². The van der Waals surface area contributed by atoms with Gasteiger partial charge in [-0.3, -0.25) is 0 Å². The van der Waals surface area contributed by atoms with E-state index < -0.39 is 5.60 Å². The molecule has 0 saturated carbocycles. The molecule has 0 bridgehead atoms. The second-order valence-corrected chi connectivity index (χ2v) is 3.31. The van der Waals surface area contributed by atoms with E-state index in [1.165, 1.54) is 0 Å². The molecular formula is C9H18Cl2N2O. The number of hydrogen-bond donors (Lipinski definition) is 3. The quantitative estimate of drug-likeness (QED) is 0.668. The van der Waals surface area contributed by atoms with E-state index >= 15 is 0 Å². The monoisotopic (exact) mass is 240 g/mol. The van der Waals surface area contributed by atoms with Gasteiger partial charge in [-0.05, 0) is 6.92 Å². The van der Waals surface area contributed by atoms with Crippen molar-refractivity contribution in [1.29, 1.82) is 0 Å². The highest BCUT2D eigenvalue weighted by molar-refractivity contribution is 5.85. The van der Waals surface area contributed by atoms with Crippen LogP contribution in [-0.2, 0) is 0 Å². The highest BCUT2D eigenvalue weighted by Gasteiger charge is 2.25. The van der Waals surface area contributed by atoms with E-state index in [9.17, 15) is 5.11 Å². The fraction of sp³-hybridized carbons (Fsp3) is 0.556. The summed E-state index contributed by atoms with van der Waals surface area (Å²) in [4.78, 5) is 0. The Morgan fingerprint density at radius 1 is 1.43 bits per heavy atom. The average molecular weight is 241 g/mol. The van der Waals surface area contributed by atoms with Crippen molar-refractivity contribution in [3.05, 3.63) is 23.3 Å². The molecule has 1 unspecified atom stereocenters. The highest BCUT2D eigenvalue weighted by Crippen LogP contribution is 2.25. The first-order valence-electron chi connectivity index (χ1n) is 4.12. The molecule has 14 heavy (non-hydrogen) atoms. The maximum absolute atomic E-state index is 9.80. The number of aliphatic hydroxyl groups is 1. The van der Waals surface area contributed by atoms with Gasteiger partial charge in [0.15, 0.2) is 0 Å². The van der Waals surface area contributed by atoms with E-state index in [1.54, 1.807) is 6.08 Å². The molecule has 1 atom stereocenters. The van der Waals surface area contributed by atoms with Gasteiger partial charge in [0, 0.05) is 19.5 Å². The Labute approximate surface area is 97.1 Å². The lowest BCUT2D eigenvalue weighted by Gasteiger charge is -2.28. The second-order valence-electron chi connectivity index (χ2n) is 3.31. The molecule has 0 aromatic heterocycles. The van der Waals surface area contributed by atoms with Gasteiger partial charge in [-0.2, -0.15) is 0 Å². The van der Waals surface area contributed by atoms with Crippen molar-refractivity contribution in [2.75, 3.05) is 13.1 Å². The maximum Gasteiger partial charge on any atom is 0.0990 e. The first kappa shape index (κ1) is 16.4. The van der Waals surface area contributed by atoms with Gasteiger partial charge in [0.2, 0.25) is 0 Å².